The zero-order chi connectivity index (χ0) is 15.5. The van der Waals surface area contributed by atoms with E-state index in [1.165, 1.54) is 0 Å². The van der Waals surface area contributed by atoms with Crippen molar-refractivity contribution in [2.24, 2.45) is 0 Å². The molecule has 2 aromatic rings. The van der Waals surface area contributed by atoms with E-state index in [4.69, 9.17) is 9.63 Å². The zero-order valence-corrected chi connectivity index (χ0v) is 12.5. The first-order valence-corrected chi connectivity index (χ1v) is 7.53. The van der Waals surface area contributed by atoms with Crippen molar-refractivity contribution in [3.63, 3.8) is 0 Å². The van der Waals surface area contributed by atoms with E-state index < -0.39 is 0 Å². The van der Waals surface area contributed by atoms with E-state index in [1.54, 1.807) is 24.3 Å². The molecular weight excluding hydrogens is 282 g/mol. The molecule has 3 rings (SSSR count). The molecule has 0 spiro atoms. The molecule has 1 aromatic heterocycles. The summed E-state index contributed by atoms with van der Waals surface area (Å²) in [6, 6.07) is 7.01. The van der Waals surface area contributed by atoms with E-state index >= 15 is 0 Å². The van der Waals surface area contributed by atoms with Gasteiger partial charge in [0.2, 0.25) is 0 Å². The number of aromatic nitrogens is 2. The van der Waals surface area contributed by atoms with Gasteiger partial charge in [-0.2, -0.15) is 4.98 Å². The van der Waals surface area contributed by atoms with Crippen molar-refractivity contribution in [3.05, 3.63) is 35.7 Å². The molecule has 6 nitrogen and oxygen atoms in total. The highest BCUT2D eigenvalue weighted by Crippen LogP contribution is 2.38. The lowest BCUT2D eigenvalue weighted by molar-refractivity contribution is 0.0934. The Hall–Kier alpha value is -2.21. The first kappa shape index (κ1) is 14.7. The van der Waals surface area contributed by atoms with Crippen LogP contribution in [0.2, 0.25) is 0 Å². The number of hydrogen-bond donors (Lipinski definition) is 2. The van der Waals surface area contributed by atoms with Gasteiger partial charge in [-0.25, -0.2) is 0 Å². The fourth-order valence-electron chi connectivity index (χ4n) is 2.20. The lowest BCUT2D eigenvalue weighted by Crippen LogP contribution is -2.33. The molecule has 1 unspecified atom stereocenters. The van der Waals surface area contributed by atoms with Crippen LogP contribution in [0.4, 0.5) is 0 Å². The zero-order valence-electron chi connectivity index (χ0n) is 12.5. The molecule has 6 heteroatoms. The average Bonchev–Trinajstić information content (AvgIpc) is 3.25. The maximum Gasteiger partial charge on any atom is 0.257 e. The van der Waals surface area contributed by atoms with Crippen LogP contribution in [0.3, 0.4) is 0 Å². The number of aliphatic hydroxyl groups is 1. The second-order valence-electron chi connectivity index (χ2n) is 5.70. The predicted molar refractivity (Wildman–Crippen MR) is 80.3 cm³/mol. The minimum atomic E-state index is -0.156. The molecule has 1 fully saturated rings. The van der Waals surface area contributed by atoms with E-state index in [1.807, 2.05) is 6.92 Å². The van der Waals surface area contributed by atoms with Crippen molar-refractivity contribution in [3.8, 4) is 11.5 Å². The van der Waals surface area contributed by atoms with E-state index in [9.17, 15) is 4.79 Å². The fourth-order valence-corrected chi connectivity index (χ4v) is 2.20. The van der Waals surface area contributed by atoms with Crippen LogP contribution in [0.1, 0.15) is 48.3 Å². The van der Waals surface area contributed by atoms with Gasteiger partial charge in [-0.1, -0.05) is 5.16 Å². The first-order chi connectivity index (χ1) is 10.7. The Kier molecular flexibility index (Phi) is 4.20. The number of rotatable bonds is 6. The van der Waals surface area contributed by atoms with E-state index in [0.29, 0.717) is 23.8 Å². The Labute approximate surface area is 128 Å². The van der Waals surface area contributed by atoms with Gasteiger partial charge in [-0.15, -0.1) is 0 Å². The number of hydrogen-bond acceptors (Lipinski definition) is 5. The number of aliphatic hydroxyl groups excluding tert-OH is 1. The van der Waals surface area contributed by atoms with Gasteiger partial charge in [0, 0.05) is 29.7 Å². The molecule has 2 N–H and O–H groups in total. The normalized spacial score (nSPS) is 15.5. The minimum absolute atomic E-state index is 0.0564. The maximum atomic E-state index is 12.0. The molecule has 1 heterocycles. The number of nitrogens with one attached hydrogen (secondary N) is 1. The molecule has 1 aliphatic rings. The monoisotopic (exact) mass is 301 g/mol. The van der Waals surface area contributed by atoms with Crippen LogP contribution < -0.4 is 5.32 Å². The summed E-state index contributed by atoms with van der Waals surface area (Å²) in [7, 11) is 0. The summed E-state index contributed by atoms with van der Waals surface area (Å²) in [5.41, 5.74) is 1.37. The van der Waals surface area contributed by atoms with Crippen molar-refractivity contribution >= 4 is 5.91 Å². The highest BCUT2D eigenvalue weighted by Gasteiger charge is 2.28. The summed E-state index contributed by atoms with van der Waals surface area (Å²) in [5, 5.41) is 15.7. The number of amides is 1. The number of carbonyl (C=O) groups excluding carboxylic acids is 1. The van der Waals surface area contributed by atoms with Crippen LogP contribution in [-0.4, -0.2) is 33.8 Å². The van der Waals surface area contributed by atoms with Crippen molar-refractivity contribution in [2.75, 3.05) is 6.61 Å². The minimum Gasteiger partial charge on any atom is -0.396 e. The molecule has 0 radical (unpaired) electrons. The fraction of sp³-hybridized carbons (Fsp3) is 0.438. The Bertz CT molecular complexity index is 647. The third-order valence-electron chi connectivity index (χ3n) is 3.72. The highest BCUT2D eigenvalue weighted by molar-refractivity contribution is 5.94. The molecule has 0 bridgehead atoms. The van der Waals surface area contributed by atoms with Crippen molar-refractivity contribution in [1.82, 2.24) is 15.5 Å². The molecule has 0 aliphatic heterocycles. The third-order valence-corrected chi connectivity index (χ3v) is 3.72. The number of benzene rings is 1. The quantitative estimate of drug-likeness (QED) is 0.853. The number of carbonyl (C=O) groups is 1. The van der Waals surface area contributed by atoms with Gasteiger partial charge >= 0.3 is 0 Å². The Morgan fingerprint density at radius 1 is 1.41 bits per heavy atom. The Morgan fingerprint density at radius 3 is 2.77 bits per heavy atom. The summed E-state index contributed by atoms with van der Waals surface area (Å²) in [4.78, 5) is 16.4. The van der Waals surface area contributed by atoms with Crippen LogP contribution in [0.5, 0.6) is 0 Å². The lowest BCUT2D eigenvalue weighted by Gasteiger charge is -2.12. The third kappa shape index (κ3) is 3.33. The molecule has 0 saturated heterocycles. The van der Waals surface area contributed by atoms with Gasteiger partial charge in [0.05, 0.1) is 0 Å². The van der Waals surface area contributed by atoms with Crippen LogP contribution >= 0.6 is 0 Å². The highest BCUT2D eigenvalue weighted by atomic mass is 16.5. The van der Waals surface area contributed by atoms with Gasteiger partial charge in [0.15, 0.2) is 5.82 Å². The predicted octanol–water partition coefficient (Wildman–Crippen LogP) is 2.11. The average molecular weight is 301 g/mol. The topological polar surface area (TPSA) is 88.2 Å². The lowest BCUT2D eigenvalue weighted by atomic mass is 10.1. The molecule has 1 saturated carbocycles. The van der Waals surface area contributed by atoms with E-state index in [0.717, 1.165) is 24.2 Å². The number of nitrogens with zero attached hydrogens (tertiary/aromatic N) is 2. The standard InChI is InChI=1S/C16H19N3O3/c1-10(8-9-20)17-15(21)12-4-6-13(7-5-12)16-18-14(19-22-16)11-2-3-11/h4-7,10-11,20H,2-3,8-9H2,1H3,(H,17,21). The van der Waals surface area contributed by atoms with Crippen LogP contribution in [0.25, 0.3) is 11.5 Å². The van der Waals surface area contributed by atoms with Gasteiger partial charge in [-0.3, -0.25) is 4.79 Å². The van der Waals surface area contributed by atoms with Gasteiger partial charge in [0.1, 0.15) is 0 Å². The van der Waals surface area contributed by atoms with Gasteiger partial charge in [0.25, 0.3) is 11.8 Å². The molecule has 116 valence electrons. The van der Waals surface area contributed by atoms with Crippen molar-refractivity contribution in [1.29, 1.82) is 0 Å². The summed E-state index contributed by atoms with van der Waals surface area (Å²) < 4.78 is 5.26. The molecule has 22 heavy (non-hydrogen) atoms. The molecule has 1 amide bonds. The summed E-state index contributed by atoms with van der Waals surface area (Å²) in [6.45, 7) is 1.92. The molecular formula is C16H19N3O3. The van der Waals surface area contributed by atoms with Crippen LogP contribution in [-0.2, 0) is 0 Å². The smallest absolute Gasteiger partial charge is 0.257 e. The van der Waals surface area contributed by atoms with Crippen LogP contribution in [0.15, 0.2) is 28.8 Å². The Balaban J connectivity index is 1.67. The largest absolute Gasteiger partial charge is 0.396 e. The van der Waals surface area contributed by atoms with E-state index in [-0.39, 0.29) is 18.6 Å². The molecule has 1 aliphatic carbocycles. The SMILES string of the molecule is CC(CCO)NC(=O)c1ccc(-c2nc(C3CC3)no2)cc1. The van der Waals surface area contributed by atoms with Gasteiger partial charge in [-0.05, 0) is 50.5 Å². The van der Waals surface area contributed by atoms with Crippen LogP contribution in [0, 0.1) is 0 Å². The summed E-state index contributed by atoms with van der Waals surface area (Å²) in [6.07, 6.45) is 2.80. The molecule has 1 aromatic carbocycles. The second kappa shape index (κ2) is 6.27. The summed E-state index contributed by atoms with van der Waals surface area (Å²) in [5.74, 6) is 1.56. The van der Waals surface area contributed by atoms with Crippen molar-refractivity contribution < 1.29 is 14.4 Å². The van der Waals surface area contributed by atoms with Crippen molar-refractivity contribution in [2.45, 2.75) is 38.1 Å². The van der Waals surface area contributed by atoms with Gasteiger partial charge < -0.3 is 14.9 Å². The maximum absolute atomic E-state index is 12.0. The first-order valence-electron chi connectivity index (χ1n) is 7.53. The van der Waals surface area contributed by atoms with E-state index in [2.05, 4.69) is 15.5 Å². The molecule has 1 atom stereocenters. The second-order valence-corrected chi connectivity index (χ2v) is 5.70. The Morgan fingerprint density at radius 2 is 2.14 bits per heavy atom. The summed E-state index contributed by atoms with van der Waals surface area (Å²) >= 11 is 0.